The van der Waals surface area contributed by atoms with Crippen LogP contribution in [0, 0.1) is 0 Å². The van der Waals surface area contributed by atoms with Crippen molar-refractivity contribution in [3.05, 3.63) is 48.3 Å². The molecule has 0 spiro atoms. The predicted molar refractivity (Wildman–Crippen MR) is 87.6 cm³/mol. The summed E-state index contributed by atoms with van der Waals surface area (Å²) in [5.41, 5.74) is 1.22. The van der Waals surface area contributed by atoms with Gasteiger partial charge >= 0.3 is 0 Å². The Bertz CT molecular complexity index is 826. The highest BCUT2D eigenvalue weighted by Crippen LogP contribution is 2.23. The van der Waals surface area contributed by atoms with E-state index in [9.17, 15) is 18.0 Å². The molecule has 1 saturated heterocycles. The molecule has 1 aromatic carbocycles. The predicted octanol–water partition coefficient (Wildman–Crippen LogP) is 1.54. The van der Waals surface area contributed by atoms with Crippen LogP contribution in [-0.4, -0.2) is 25.2 Å². The van der Waals surface area contributed by atoms with E-state index in [1.807, 2.05) is 0 Å². The van der Waals surface area contributed by atoms with Crippen LogP contribution in [0.5, 0.6) is 0 Å². The zero-order valence-corrected chi connectivity index (χ0v) is 13.7. The van der Waals surface area contributed by atoms with Crippen LogP contribution in [-0.2, 0) is 26.2 Å². The van der Waals surface area contributed by atoms with Crippen molar-refractivity contribution in [3.63, 3.8) is 0 Å². The Morgan fingerprint density at radius 2 is 1.71 bits per heavy atom. The van der Waals surface area contributed by atoms with Crippen LogP contribution in [0.4, 0.5) is 5.69 Å². The smallest absolute Gasteiger partial charge is 0.240 e. The lowest BCUT2D eigenvalue weighted by atomic mass is 10.1. The fraction of sp³-hybridized carbons (Fsp3) is 0.250. The molecule has 0 unspecified atom stereocenters. The molecule has 1 aromatic heterocycles. The minimum absolute atomic E-state index is 0.0821. The Kier molecular flexibility index (Phi) is 4.50. The second-order valence-corrected chi connectivity index (χ2v) is 7.28. The van der Waals surface area contributed by atoms with Gasteiger partial charge in [0.05, 0.1) is 10.6 Å². The van der Waals surface area contributed by atoms with Crippen molar-refractivity contribution in [2.24, 2.45) is 0 Å². The van der Waals surface area contributed by atoms with Crippen molar-refractivity contribution in [1.82, 2.24) is 9.71 Å². The number of benzene rings is 1. The Hall–Kier alpha value is -2.45. The highest BCUT2D eigenvalue weighted by molar-refractivity contribution is 7.89. The molecule has 8 heteroatoms. The molecule has 1 aliphatic heterocycles. The van der Waals surface area contributed by atoms with Crippen LogP contribution in [0.15, 0.2) is 47.6 Å². The number of rotatable bonds is 5. The zero-order valence-electron chi connectivity index (χ0n) is 12.9. The molecule has 0 saturated carbocycles. The summed E-state index contributed by atoms with van der Waals surface area (Å²) in [7, 11) is -3.66. The Labute approximate surface area is 139 Å². The summed E-state index contributed by atoms with van der Waals surface area (Å²) in [5, 5.41) is 0. The number of carbonyl (C=O) groups excluding carboxylic acids is 2. The number of H-pyrrole nitrogens is 1. The Morgan fingerprint density at radius 3 is 2.29 bits per heavy atom. The number of hydrogen-bond acceptors (Lipinski definition) is 4. The number of aromatic nitrogens is 1. The van der Waals surface area contributed by atoms with Crippen molar-refractivity contribution >= 4 is 27.5 Å². The molecule has 0 bridgehead atoms. The Balaban J connectivity index is 1.76. The van der Waals surface area contributed by atoms with Gasteiger partial charge in [-0.25, -0.2) is 13.1 Å². The van der Waals surface area contributed by atoms with Crippen molar-refractivity contribution in [3.8, 4) is 0 Å². The molecule has 3 rings (SSSR count). The van der Waals surface area contributed by atoms with E-state index in [0.717, 1.165) is 10.5 Å². The molecular weight excluding hydrogens is 330 g/mol. The first-order valence-electron chi connectivity index (χ1n) is 7.54. The highest BCUT2D eigenvalue weighted by Gasteiger charge is 2.27. The van der Waals surface area contributed by atoms with E-state index < -0.39 is 10.0 Å². The van der Waals surface area contributed by atoms with Gasteiger partial charge in [-0.3, -0.25) is 14.5 Å². The molecule has 1 fully saturated rings. The van der Waals surface area contributed by atoms with E-state index in [0.29, 0.717) is 24.9 Å². The molecule has 0 radical (unpaired) electrons. The first-order chi connectivity index (χ1) is 11.5. The molecule has 126 valence electrons. The van der Waals surface area contributed by atoms with Crippen molar-refractivity contribution < 1.29 is 18.0 Å². The summed E-state index contributed by atoms with van der Waals surface area (Å²) in [6.45, 7) is 0.177. The zero-order chi connectivity index (χ0) is 17.2. The number of hydrogen-bond donors (Lipinski definition) is 2. The molecular formula is C16H17N3O4S. The second kappa shape index (κ2) is 6.58. The lowest BCUT2D eigenvalue weighted by molar-refractivity contribution is -0.129. The molecule has 1 aliphatic rings. The third kappa shape index (κ3) is 3.39. The summed E-state index contributed by atoms with van der Waals surface area (Å²) in [5.74, 6) is -0.514. The van der Waals surface area contributed by atoms with Gasteiger partial charge in [0.2, 0.25) is 21.8 Å². The molecule has 2 amide bonds. The number of piperidine rings is 1. The van der Waals surface area contributed by atoms with Crippen LogP contribution in [0.2, 0.25) is 0 Å². The van der Waals surface area contributed by atoms with Crippen LogP contribution in [0.25, 0.3) is 0 Å². The Morgan fingerprint density at radius 1 is 1.04 bits per heavy atom. The number of nitrogens with one attached hydrogen (secondary N) is 2. The standard InChI is InChI=1S/C16H17N3O4S/c20-15-2-1-3-16(21)19(15)13-4-6-14(7-5-13)24(22,23)18-11-12-8-9-17-10-12/h4-10,17-18H,1-3,11H2. The average molecular weight is 347 g/mol. The van der Waals surface area contributed by atoms with Gasteiger partial charge in [0.1, 0.15) is 0 Å². The minimum atomic E-state index is -3.66. The van der Waals surface area contributed by atoms with Crippen LogP contribution in [0.3, 0.4) is 0 Å². The van der Waals surface area contributed by atoms with E-state index in [1.54, 1.807) is 18.5 Å². The van der Waals surface area contributed by atoms with Gasteiger partial charge in [-0.2, -0.15) is 0 Å². The van der Waals surface area contributed by atoms with Crippen molar-refractivity contribution in [2.75, 3.05) is 4.90 Å². The molecule has 24 heavy (non-hydrogen) atoms. The second-order valence-electron chi connectivity index (χ2n) is 5.51. The maximum Gasteiger partial charge on any atom is 0.240 e. The van der Waals surface area contributed by atoms with Crippen molar-refractivity contribution in [2.45, 2.75) is 30.7 Å². The van der Waals surface area contributed by atoms with Gasteiger partial charge in [0.25, 0.3) is 0 Å². The van der Waals surface area contributed by atoms with Crippen LogP contribution < -0.4 is 9.62 Å². The number of aromatic amines is 1. The topological polar surface area (TPSA) is 99.3 Å². The number of carbonyl (C=O) groups is 2. The summed E-state index contributed by atoms with van der Waals surface area (Å²) < 4.78 is 27.0. The molecule has 2 N–H and O–H groups in total. The van der Waals surface area contributed by atoms with Gasteiger partial charge in [-0.05, 0) is 42.3 Å². The van der Waals surface area contributed by atoms with Crippen molar-refractivity contribution in [1.29, 1.82) is 0 Å². The fourth-order valence-electron chi connectivity index (χ4n) is 2.55. The van der Waals surface area contributed by atoms with Gasteiger partial charge in [0, 0.05) is 31.8 Å². The largest absolute Gasteiger partial charge is 0.367 e. The van der Waals surface area contributed by atoms with Gasteiger partial charge < -0.3 is 4.98 Å². The lowest BCUT2D eigenvalue weighted by Gasteiger charge is -2.24. The fourth-order valence-corrected chi connectivity index (χ4v) is 3.56. The monoisotopic (exact) mass is 347 g/mol. The minimum Gasteiger partial charge on any atom is -0.367 e. The number of imide groups is 1. The highest BCUT2D eigenvalue weighted by atomic mass is 32.2. The molecule has 2 heterocycles. The number of nitrogens with zero attached hydrogens (tertiary/aromatic N) is 1. The lowest BCUT2D eigenvalue weighted by Crippen LogP contribution is -2.40. The van der Waals surface area contributed by atoms with E-state index in [4.69, 9.17) is 0 Å². The van der Waals surface area contributed by atoms with E-state index in [-0.39, 0.29) is 23.3 Å². The number of sulfonamides is 1. The van der Waals surface area contributed by atoms with E-state index in [1.165, 1.54) is 24.3 Å². The normalized spacial score (nSPS) is 15.8. The first-order valence-corrected chi connectivity index (χ1v) is 9.03. The quantitative estimate of drug-likeness (QED) is 0.801. The third-order valence-electron chi connectivity index (χ3n) is 3.81. The van der Waals surface area contributed by atoms with E-state index in [2.05, 4.69) is 9.71 Å². The molecule has 0 atom stereocenters. The van der Waals surface area contributed by atoms with Gasteiger partial charge in [-0.15, -0.1) is 0 Å². The number of anilines is 1. The molecule has 0 aliphatic carbocycles. The first kappa shape index (κ1) is 16.4. The summed E-state index contributed by atoms with van der Waals surface area (Å²) in [6, 6.07) is 7.52. The molecule has 7 nitrogen and oxygen atoms in total. The summed E-state index contributed by atoms with van der Waals surface area (Å²) in [6.07, 6.45) is 4.63. The summed E-state index contributed by atoms with van der Waals surface area (Å²) >= 11 is 0. The van der Waals surface area contributed by atoms with Crippen LogP contribution in [0.1, 0.15) is 24.8 Å². The number of amides is 2. The maximum absolute atomic E-state index is 12.3. The maximum atomic E-state index is 12.3. The summed E-state index contributed by atoms with van der Waals surface area (Å²) in [4.78, 5) is 27.8. The van der Waals surface area contributed by atoms with E-state index >= 15 is 0 Å². The third-order valence-corrected chi connectivity index (χ3v) is 5.23. The molecule has 2 aromatic rings. The SMILES string of the molecule is O=C1CCCC(=O)N1c1ccc(S(=O)(=O)NCc2cc[nH]c2)cc1. The average Bonchev–Trinajstić information content (AvgIpc) is 3.07. The van der Waals surface area contributed by atoms with Gasteiger partial charge in [0.15, 0.2) is 0 Å². The van der Waals surface area contributed by atoms with Gasteiger partial charge in [-0.1, -0.05) is 0 Å². The van der Waals surface area contributed by atoms with Crippen LogP contribution >= 0.6 is 0 Å².